The van der Waals surface area contributed by atoms with Gasteiger partial charge >= 0.3 is 0 Å². The van der Waals surface area contributed by atoms with Gasteiger partial charge in [-0.1, -0.05) is 6.07 Å². The Kier molecular flexibility index (Phi) is 8.04. The molecule has 25 heavy (non-hydrogen) atoms. The second-order valence-corrected chi connectivity index (χ2v) is 6.48. The first kappa shape index (κ1) is 19.1. The first-order valence-electron chi connectivity index (χ1n) is 8.33. The number of ether oxygens (including phenoxy) is 2. The summed E-state index contributed by atoms with van der Waals surface area (Å²) in [6.07, 6.45) is 1.77. The molecule has 1 aromatic heterocycles. The molecule has 136 valence electrons. The highest BCUT2D eigenvalue weighted by Crippen LogP contribution is 2.18. The third kappa shape index (κ3) is 7.01. The Hall–Kier alpha value is -2.28. The third-order valence-electron chi connectivity index (χ3n) is 3.49. The number of methoxy groups -OCH3 is 1. The van der Waals surface area contributed by atoms with Crippen molar-refractivity contribution in [3.63, 3.8) is 0 Å². The van der Waals surface area contributed by atoms with Crippen molar-refractivity contribution >= 4 is 17.3 Å². The van der Waals surface area contributed by atoms with Crippen LogP contribution in [0.15, 0.2) is 34.6 Å². The molecule has 0 saturated heterocycles. The number of nitrogens with zero attached hydrogens (tertiary/aromatic N) is 2. The summed E-state index contributed by atoms with van der Waals surface area (Å²) in [6, 6.07) is 7.63. The van der Waals surface area contributed by atoms with E-state index in [0.29, 0.717) is 6.61 Å². The fourth-order valence-corrected chi connectivity index (χ4v) is 2.86. The zero-order valence-electron chi connectivity index (χ0n) is 15.0. The van der Waals surface area contributed by atoms with Gasteiger partial charge in [-0.05, 0) is 25.5 Å². The monoisotopic (exact) mass is 362 g/mol. The number of thiazole rings is 1. The second kappa shape index (κ2) is 10.6. The van der Waals surface area contributed by atoms with Crippen molar-refractivity contribution in [3.05, 3.63) is 40.3 Å². The highest BCUT2D eigenvalue weighted by atomic mass is 32.1. The van der Waals surface area contributed by atoms with Crippen LogP contribution in [0.25, 0.3) is 0 Å². The second-order valence-electron chi connectivity index (χ2n) is 5.41. The molecule has 0 radical (unpaired) electrons. The van der Waals surface area contributed by atoms with Gasteiger partial charge in [0.05, 0.1) is 24.4 Å². The van der Waals surface area contributed by atoms with Crippen LogP contribution in [-0.4, -0.2) is 44.8 Å². The summed E-state index contributed by atoms with van der Waals surface area (Å²) in [5.74, 6) is 2.42. The predicted molar refractivity (Wildman–Crippen MR) is 103 cm³/mol. The number of nitrogens with one attached hydrogen (secondary N) is 2. The van der Waals surface area contributed by atoms with E-state index in [0.717, 1.165) is 54.1 Å². The summed E-state index contributed by atoms with van der Waals surface area (Å²) in [5.41, 5.74) is 1.12. The number of aryl methyl sites for hydroxylation is 1. The molecule has 0 saturated carbocycles. The van der Waals surface area contributed by atoms with E-state index in [1.165, 1.54) is 0 Å². The zero-order chi connectivity index (χ0) is 17.9. The Morgan fingerprint density at radius 2 is 2.04 bits per heavy atom. The van der Waals surface area contributed by atoms with Gasteiger partial charge in [-0.25, -0.2) is 4.98 Å². The maximum Gasteiger partial charge on any atom is 0.190 e. The van der Waals surface area contributed by atoms with Gasteiger partial charge in [0.2, 0.25) is 0 Å². The van der Waals surface area contributed by atoms with Crippen molar-refractivity contribution in [2.45, 2.75) is 19.8 Å². The van der Waals surface area contributed by atoms with Gasteiger partial charge in [0, 0.05) is 38.0 Å². The maximum absolute atomic E-state index is 5.72. The minimum absolute atomic E-state index is 0.634. The van der Waals surface area contributed by atoms with E-state index < -0.39 is 0 Å². The van der Waals surface area contributed by atoms with Crippen LogP contribution in [0.4, 0.5) is 0 Å². The smallest absolute Gasteiger partial charge is 0.190 e. The molecule has 7 heteroatoms. The van der Waals surface area contributed by atoms with Crippen molar-refractivity contribution in [2.24, 2.45) is 4.99 Å². The normalized spacial score (nSPS) is 11.2. The molecule has 0 fully saturated rings. The summed E-state index contributed by atoms with van der Waals surface area (Å²) in [5, 5.41) is 9.79. The molecule has 2 rings (SSSR count). The molecule has 0 aliphatic carbocycles. The molecule has 0 atom stereocenters. The number of aliphatic imine (C=N–C) groups is 1. The molecular weight excluding hydrogens is 336 g/mol. The molecule has 0 aliphatic rings. The van der Waals surface area contributed by atoms with Gasteiger partial charge in [0.25, 0.3) is 0 Å². The topological polar surface area (TPSA) is 67.8 Å². The standard InChI is InChI=1S/C18H26N4O2S/c1-14-22-15(13-25-14)8-10-21-18(19-2)20-9-5-11-24-17-7-4-6-16(12-17)23-3/h4,6-7,12-13H,5,8-11H2,1-3H3,(H2,19,20,21). The summed E-state index contributed by atoms with van der Waals surface area (Å²) < 4.78 is 10.9. The lowest BCUT2D eigenvalue weighted by Crippen LogP contribution is -2.39. The quantitative estimate of drug-likeness (QED) is 0.408. The Morgan fingerprint density at radius 3 is 2.76 bits per heavy atom. The molecule has 2 aromatic rings. The van der Waals surface area contributed by atoms with Crippen LogP contribution in [0, 0.1) is 6.92 Å². The largest absolute Gasteiger partial charge is 0.497 e. The fourth-order valence-electron chi connectivity index (χ4n) is 2.21. The fraction of sp³-hybridized carbons (Fsp3) is 0.444. The minimum atomic E-state index is 0.634. The first-order chi connectivity index (χ1) is 12.2. The van der Waals surface area contributed by atoms with Crippen LogP contribution in [0.3, 0.4) is 0 Å². The molecule has 0 unspecified atom stereocenters. The van der Waals surface area contributed by atoms with E-state index in [-0.39, 0.29) is 0 Å². The summed E-state index contributed by atoms with van der Waals surface area (Å²) >= 11 is 1.68. The average molecular weight is 362 g/mol. The SMILES string of the molecule is CN=C(NCCCOc1cccc(OC)c1)NCCc1csc(C)n1. The van der Waals surface area contributed by atoms with Gasteiger partial charge in [-0.2, -0.15) is 0 Å². The van der Waals surface area contributed by atoms with E-state index in [9.17, 15) is 0 Å². The van der Waals surface area contributed by atoms with E-state index in [1.807, 2.05) is 31.2 Å². The van der Waals surface area contributed by atoms with Gasteiger partial charge in [-0.3, -0.25) is 4.99 Å². The molecule has 2 N–H and O–H groups in total. The molecule has 1 heterocycles. The summed E-state index contributed by atoms with van der Waals surface area (Å²) in [4.78, 5) is 8.68. The summed E-state index contributed by atoms with van der Waals surface area (Å²) in [7, 11) is 3.42. The van der Waals surface area contributed by atoms with Crippen LogP contribution >= 0.6 is 11.3 Å². The average Bonchev–Trinajstić information content (AvgIpc) is 3.05. The number of benzene rings is 1. The Bertz CT molecular complexity index is 673. The van der Waals surface area contributed by atoms with Gasteiger partial charge < -0.3 is 20.1 Å². The molecule has 0 spiro atoms. The van der Waals surface area contributed by atoms with E-state index in [2.05, 4.69) is 26.0 Å². The van der Waals surface area contributed by atoms with Crippen LogP contribution in [-0.2, 0) is 6.42 Å². The highest BCUT2D eigenvalue weighted by Gasteiger charge is 2.01. The lowest BCUT2D eigenvalue weighted by Gasteiger charge is -2.12. The van der Waals surface area contributed by atoms with Crippen LogP contribution in [0.5, 0.6) is 11.5 Å². The number of guanidine groups is 1. The Labute approximate surface area is 153 Å². The van der Waals surface area contributed by atoms with Crippen molar-refractivity contribution in [1.82, 2.24) is 15.6 Å². The number of hydrogen-bond donors (Lipinski definition) is 2. The van der Waals surface area contributed by atoms with E-state index in [4.69, 9.17) is 9.47 Å². The van der Waals surface area contributed by atoms with Gasteiger partial charge in [0.15, 0.2) is 5.96 Å². The molecule has 6 nitrogen and oxygen atoms in total. The molecule has 1 aromatic carbocycles. The van der Waals surface area contributed by atoms with Crippen molar-refractivity contribution in [1.29, 1.82) is 0 Å². The van der Waals surface area contributed by atoms with Gasteiger partial charge in [-0.15, -0.1) is 11.3 Å². The van der Waals surface area contributed by atoms with E-state index in [1.54, 1.807) is 25.5 Å². The van der Waals surface area contributed by atoms with Crippen molar-refractivity contribution in [2.75, 3.05) is 33.9 Å². The lowest BCUT2D eigenvalue weighted by atomic mass is 10.3. The van der Waals surface area contributed by atoms with Crippen LogP contribution < -0.4 is 20.1 Å². The Morgan fingerprint density at radius 1 is 1.24 bits per heavy atom. The Balaban J connectivity index is 1.59. The first-order valence-corrected chi connectivity index (χ1v) is 9.21. The van der Waals surface area contributed by atoms with Crippen LogP contribution in [0.1, 0.15) is 17.1 Å². The minimum Gasteiger partial charge on any atom is -0.497 e. The number of aromatic nitrogens is 1. The van der Waals surface area contributed by atoms with Gasteiger partial charge in [0.1, 0.15) is 11.5 Å². The molecule has 0 amide bonds. The number of rotatable bonds is 9. The molecule has 0 aliphatic heterocycles. The third-order valence-corrected chi connectivity index (χ3v) is 4.31. The molecule has 0 bridgehead atoms. The predicted octanol–water partition coefficient (Wildman–Crippen LogP) is 2.64. The van der Waals surface area contributed by atoms with Crippen molar-refractivity contribution in [3.8, 4) is 11.5 Å². The zero-order valence-corrected chi connectivity index (χ0v) is 15.9. The lowest BCUT2D eigenvalue weighted by molar-refractivity contribution is 0.308. The maximum atomic E-state index is 5.72. The summed E-state index contributed by atoms with van der Waals surface area (Å²) in [6.45, 7) is 4.26. The van der Waals surface area contributed by atoms with Crippen LogP contribution in [0.2, 0.25) is 0 Å². The van der Waals surface area contributed by atoms with E-state index >= 15 is 0 Å². The van der Waals surface area contributed by atoms with Crippen molar-refractivity contribution < 1.29 is 9.47 Å². The molecular formula is C18H26N4O2S. The number of hydrogen-bond acceptors (Lipinski definition) is 5. The highest BCUT2D eigenvalue weighted by molar-refractivity contribution is 7.09.